The van der Waals surface area contributed by atoms with E-state index in [0.717, 1.165) is 17.7 Å². The van der Waals surface area contributed by atoms with E-state index in [-0.39, 0.29) is 11.9 Å². The van der Waals surface area contributed by atoms with E-state index in [2.05, 4.69) is 24.1 Å². The number of pyridine rings is 1. The number of nitrogens with zero attached hydrogens (tertiary/aromatic N) is 1. The number of carbonyl (C=O) groups excluding carboxylic acids is 1. The van der Waals surface area contributed by atoms with Crippen LogP contribution in [0.1, 0.15) is 38.3 Å². The highest BCUT2D eigenvalue weighted by Gasteiger charge is 2.15. The van der Waals surface area contributed by atoms with E-state index in [1.807, 2.05) is 24.6 Å². The van der Waals surface area contributed by atoms with E-state index in [4.69, 9.17) is 0 Å². The molecule has 0 aliphatic carbocycles. The molecule has 1 aromatic heterocycles. The SMILES string of the molecule is CSCCC(=O)NC(CC(C)C)c1cccnc1. The van der Waals surface area contributed by atoms with Crippen molar-refractivity contribution in [1.82, 2.24) is 10.3 Å². The van der Waals surface area contributed by atoms with Crippen molar-refractivity contribution in [3.63, 3.8) is 0 Å². The predicted octanol–water partition coefficient (Wildman–Crippen LogP) is 3.04. The molecule has 1 atom stereocenters. The molecule has 100 valence electrons. The Morgan fingerprint density at radius 2 is 2.28 bits per heavy atom. The van der Waals surface area contributed by atoms with E-state index in [1.54, 1.807) is 18.0 Å². The fraction of sp³-hybridized carbons (Fsp3) is 0.571. The van der Waals surface area contributed by atoms with Gasteiger partial charge in [0, 0.05) is 24.6 Å². The Balaban J connectivity index is 2.64. The van der Waals surface area contributed by atoms with Crippen molar-refractivity contribution in [1.29, 1.82) is 0 Å². The zero-order valence-electron chi connectivity index (χ0n) is 11.3. The smallest absolute Gasteiger partial charge is 0.221 e. The zero-order valence-corrected chi connectivity index (χ0v) is 12.2. The van der Waals surface area contributed by atoms with Gasteiger partial charge in [-0.15, -0.1) is 0 Å². The van der Waals surface area contributed by atoms with Crippen LogP contribution in [-0.2, 0) is 4.79 Å². The Labute approximate surface area is 114 Å². The lowest BCUT2D eigenvalue weighted by atomic mass is 9.98. The minimum Gasteiger partial charge on any atom is -0.349 e. The topological polar surface area (TPSA) is 42.0 Å². The van der Waals surface area contributed by atoms with Gasteiger partial charge < -0.3 is 5.32 Å². The maximum Gasteiger partial charge on any atom is 0.221 e. The van der Waals surface area contributed by atoms with Gasteiger partial charge in [0.15, 0.2) is 0 Å². The molecule has 1 amide bonds. The van der Waals surface area contributed by atoms with Gasteiger partial charge in [0.1, 0.15) is 0 Å². The van der Waals surface area contributed by atoms with E-state index in [9.17, 15) is 4.79 Å². The molecule has 1 aromatic rings. The Hall–Kier alpha value is -1.03. The Kier molecular flexibility index (Phi) is 6.80. The molecule has 18 heavy (non-hydrogen) atoms. The summed E-state index contributed by atoms with van der Waals surface area (Å²) in [5.74, 6) is 1.53. The predicted molar refractivity (Wildman–Crippen MR) is 77.6 cm³/mol. The first-order chi connectivity index (χ1) is 8.63. The van der Waals surface area contributed by atoms with Gasteiger partial charge in [0.05, 0.1) is 6.04 Å². The maximum atomic E-state index is 11.8. The molecule has 1 rings (SSSR count). The first kappa shape index (κ1) is 15.0. The molecule has 0 aromatic carbocycles. The minimum atomic E-state index is 0.0769. The second kappa shape index (κ2) is 8.14. The number of hydrogen-bond acceptors (Lipinski definition) is 3. The molecule has 0 bridgehead atoms. The monoisotopic (exact) mass is 266 g/mol. The third-order valence-electron chi connectivity index (χ3n) is 2.66. The van der Waals surface area contributed by atoms with E-state index in [1.165, 1.54) is 0 Å². The van der Waals surface area contributed by atoms with Crippen LogP contribution in [0.15, 0.2) is 24.5 Å². The molecule has 0 saturated carbocycles. The molecule has 4 heteroatoms. The quantitative estimate of drug-likeness (QED) is 0.825. The van der Waals surface area contributed by atoms with Crippen molar-refractivity contribution in [3.05, 3.63) is 30.1 Å². The number of hydrogen-bond donors (Lipinski definition) is 1. The van der Waals surface area contributed by atoms with Crippen molar-refractivity contribution in [2.24, 2.45) is 5.92 Å². The normalized spacial score (nSPS) is 12.4. The molecule has 1 N–H and O–H groups in total. The van der Waals surface area contributed by atoms with Gasteiger partial charge in [-0.25, -0.2) is 0 Å². The zero-order chi connectivity index (χ0) is 13.4. The summed E-state index contributed by atoms with van der Waals surface area (Å²) in [7, 11) is 0. The van der Waals surface area contributed by atoms with Crippen LogP contribution in [0.25, 0.3) is 0 Å². The summed E-state index contributed by atoms with van der Waals surface area (Å²) >= 11 is 1.69. The largest absolute Gasteiger partial charge is 0.349 e. The molecule has 0 saturated heterocycles. The molecule has 0 aliphatic rings. The van der Waals surface area contributed by atoms with Crippen LogP contribution in [0.5, 0.6) is 0 Å². The fourth-order valence-corrected chi connectivity index (χ4v) is 2.18. The highest BCUT2D eigenvalue weighted by atomic mass is 32.2. The summed E-state index contributed by atoms with van der Waals surface area (Å²) in [4.78, 5) is 15.9. The molecule has 0 aliphatic heterocycles. The first-order valence-electron chi connectivity index (χ1n) is 6.31. The van der Waals surface area contributed by atoms with Crippen LogP contribution < -0.4 is 5.32 Å². The summed E-state index contributed by atoms with van der Waals surface area (Å²) in [5.41, 5.74) is 1.09. The summed E-state index contributed by atoms with van der Waals surface area (Å²) < 4.78 is 0. The van der Waals surface area contributed by atoms with Crippen LogP contribution in [0, 0.1) is 5.92 Å². The lowest BCUT2D eigenvalue weighted by Gasteiger charge is -2.20. The lowest BCUT2D eigenvalue weighted by molar-refractivity contribution is -0.121. The second-order valence-electron chi connectivity index (χ2n) is 4.78. The van der Waals surface area contributed by atoms with E-state index in [0.29, 0.717) is 12.3 Å². The molecule has 0 fully saturated rings. The van der Waals surface area contributed by atoms with Gasteiger partial charge in [0.2, 0.25) is 5.91 Å². The van der Waals surface area contributed by atoms with E-state index >= 15 is 0 Å². The molecule has 1 heterocycles. The van der Waals surface area contributed by atoms with Crippen LogP contribution in [0.2, 0.25) is 0 Å². The van der Waals surface area contributed by atoms with Gasteiger partial charge in [-0.3, -0.25) is 9.78 Å². The van der Waals surface area contributed by atoms with Crippen LogP contribution >= 0.6 is 11.8 Å². The van der Waals surface area contributed by atoms with Crippen molar-refractivity contribution >= 4 is 17.7 Å². The summed E-state index contributed by atoms with van der Waals surface area (Å²) in [5, 5.41) is 3.11. The summed E-state index contributed by atoms with van der Waals surface area (Å²) in [6.45, 7) is 4.33. The number of aromatic nitrogens is 1. The van der Waals surface area contributed by atoms with Gasteiger partial charge in [-0.1, -0.05) is 19.9 Å². The van der Waals surface area contributed by atoms with Crippen molar-refractivity contribution < 1.29 is 4.79 Å². The minimum absolute atomic E-state index is 0.0769. The van der Waals surface area contributed by atoms with Gasteiger partial charge in [-0.2, -0.15) is 11.8 Å². The van der Waals surface area contributed by atoms with Crippen molar-refractivity contribution in [2.45, 2.75) is 32.7 Å². The van der Waals surface area contributed by atoms with Crippen molar-refractivity contribution in [3.8, 4) is 0 Å². The molecular formula is C14H22N2OS. The molecular weight excluding hydrogens is 244 g/mol. The third-order valence-corrected chi connectivity index (χ3v) is 3.27. The number of amides is 1. The fourth-order valence-electron chi connectivity index (χ4n) is 1.79. The molecule has 1 unspecified atom stereocenters. The third kappa shape index (κ3) is 5.54. The van der Waals surface area contributed by atoms with Crippen LogP contribution in [0.4, 0.5) is 0 Å². The summed E-state index contributed by atoms with van der Waals surface area (Å²) in [6.07, 6.45) is 7.13. The van der Waals surface area contributed by atoms with Crippen LogP contribution in [-0.4, -0.2) is 22.9 Å². The van der Waals surface area contributed by atoms with E-state index < -0.39 is 0 Å². The van der Waals surface area contributed by atoms with Gasteiger partial charge in [-0.05, 0) is 30.2 Å². The van der Waals surface area contributed by atoms with Crippen molar-refractivity contribution in [2.75, 3.05) is 12.0 Å². The van der Waals surface area contributed by atoms with Gasteiger partial charge >= 0.3 is 0 Å². The average molecular weight is 266 g/mol. The lowest BCUT2D eigenvalue weighted by Crippen LogP contribution is -2.29. The standard InChI is InChI=1S/C14H22N2OS/c1-11(2)9-13(12-5-4-7-15-10-12)16-14(17)6-8-18-3/h4-5,7,10-11,13H,6,8-9H2,1-3H3,(H,16,17). The Morgan fingerprint density at radius 3 is 2.83 bits per heavy atom. The number of carbonyl (C=O) groups is 1. The molecule has 3 nitrogen and oxygen atoms in total. The first-order valence-corrected chi connectivity index (χ1v) is 7.71. The highest BCUT2D eigenvalue weighted by Crippen LogP contribution is 2.20. The maximum absolute atomic E-state index is 11.8. The Bertz CT molecular complexity index is 354. The number of thioether (sulfide) groups is 1. The van der Waals surface area contributed by atoms with Crippen LogP contribution in [0.3, 0.4) is 0 Å². The number of nitrogens with one attached hydrogen (secondary N) is 1. The average Bonchev–Trinajstić information content (AvgIpc) is 2.36. The second-order valence-corrected chi connectivity index (χ2v) is 5.76. The highest BCUT2D eigenvalue weighted by molar-refractivity contribution is 7.98. The molecule has 0 radical (unpaired) electrons. The number of rotatable bonds is 7. The Morgan fingerprint density at radius 1 is 1.50 bits per heavy atom. The van der Waals surface area contributed by atoms with Gasteiger partial charge in [0.25, 0.3) is 0 Å². The molecule has 0 spiro atoms. The summed E-state index contributed by atoms with van der Waals surface area (Å²) in [6, 6.07) is 4.01.